The lowest BCUT2D eigenvalue weighted by molar-refractivity contribution is -0.386. The summed E-state index contributed by atoms with van der Waals surface area (Å²) in [5.74, 6) is -5.40. The fourth-order valence-electron chi connectivity index (χ4n) is 4.68. The lowest BCUT2D eigenvalue weighted by Gasteiger charge is -2.38. The topological polar surface area (TPSA) is 154 Å². The second-order valence-electron chi connectivity index (χ2n) is 8.33. The van der Waals surface area contributed by atoms with E-state index < -0.39 is 45.9 Å². The number of nitro groups is 1. The van der Waals surface area contributed by atoms with E-state index >= 15 is 0 Å². The van der Waals surface area contributed by atoms with Gasteiger partial charge in [-0.2, -0.15) is 0 Å². The number of nitrogens with one attached hydrogen (secondary N) is 1. The molecule has 1 aromatic rings. The molecule has 1 aliphatic heterocycles. The molecule has 1 aromatic carbocycles. The zero-order valence-electron chi connectivity index (χ0n) is 20.2. The molecule has 0 fully saturated rings. The van der Waals surface area contributed by atoms with Gasteiger partial charge in [0.1, 0.15) is 5.92 Å². The number of carbonyl (C=O) groups excluding carboxylic acids is 3. The van der Waals surface area contributed by atoms with Gasteiger partial charge >= 0.3 is 17.6 Å². The van der Waals surface area contributed by atoms with Gasteiger partial charge in [0.25, 0.3) is 0 Å². The maximum Gasteiger partial charge on any atom is 0.336 e. The number of hydrogen-bond acceptors (Lipinski definition) is 10. The molecule has 0 amide bonds. The fourth-order valence-corrected chi connectivity index (χ4v) is 4.68. The van der Waals surface area contributed by atoms with Gasteiger partial charge in [0, 0.05) is 29.0 Å². The van der Waals surface area contributed by atoms with Gasteiger partial charge in [-0.3, -0.25) is 19.7 Å². The number of aromatic hydroxyl groups is 1. The Hall–Kier alpha value is -3.89. The summed E-state index contributed by atoms with van der Waals surface area (Å²) < 4.78 is 15.5. The number of carbonyl (C=O) groups is 3. The summed E-state index contributed by atoms with van der Waals surface area (Å²) in [6.45, 7) is 6.83. The van der Waals surface area contributed by atoms with Gasteiger partial charge in [-0.25, -0.2) is 4.79 Å². The Balaban J connectivity index is 2.32. The Labute approximate surface area is 201 Å². The number of dihydropyridines is 1. The quantitative estimate of drug-likeness (QED) is 0.253. The van der Waals surface area contributed by atoms with Gasteiger partial charge in [0.05, 0.1) is 30.8 Å². The molecule has 0 spiro atoms. The molecule has 3 atom stereocenters. The minimum absolute atomic E-state index is 0.0595. The van der Waals surface area contributed by atoms with Crippen LogP contribution in [0.2, 0.25) is 0 Å². The van der Waals surface area contributed by atoms with Crippen LogP contribution in [0.5, 0.6) is 11.5 Å². The van der Waals surface area contributed by atoms with Crippen LogP contribution in [0.25, 0.3) is 0 Å². The number of nitrogens with zero attached hydrogens (tertiary/aromatic N) is 1. The first-order valence-corrected chi connectivity index (χ1v) is 11.2. The summed E-state index contributed by atoms with van der Waals surface area (Å²) in [5, 5.41) is 25.2. The summed E-state index contributed by atoms with van der Waals surface area (Å²) in [4.78, 5) is 50.1. The number of Topliss-reactive ketones (excluding diaryl/α,β-unsaturated/α-hetero) is 1. The number of hydrogen-bond donors (Lipinski definition) is 2. The van der Waals surface area contributed by atoms with E-state index in [-0.39, 0.29) is 41.6 Å². The Bertz CT molecular complexity index is 1150. The molecule has 35 heavy (non-hydrogen) atoms. The highest BCUT2D eigenvalue weighted by molar-refractivity contribution is 6.12. The molecule has 1 aliphatic carbocycles. The number of rotatable bonds is 7. The lowest BCUT2D eigenvalue weighted by Crippen LogP contribution is -2.43. The molecule has 2 N–H and O–H groups in total. The number of phenolic OH excluding ortho intramolecular Hbond substituents is 1. The van der Waals surface area contributed by atoms with Crippen LogP contribution >= 0.6 is 0 Å². The van der Waals surface area contributed by atoms with Crippen LogP contribution in [0.15, 0.2) is 34.7 Å². The van der Waals surface area contributed by atoms with Crippen molar-refractivity contribution in [1.82, 2.24) is 5.32 Å². The molecule has 3 rings (SSSR count). The normalized spacial score (nSPS) is 21.7. The molecule has 0 unspecified atom stereocenters. The number of phenols is 1. The first kappa shape index (κ1) is 25.7. The molecule has 0 aromatic heterocycles. The van der Waals surface area contributed by atoms with Crippen LogP contribution < -0.4 is 10.1 Å². The van der Waals surface area contributed by atoms with E-state index in [0.29, 0.717) is 17.8 Å². The van der Waals surface area contributed by atoms with Crippen LogP contribution in [-0.4, -0.2) is 48.1 Å². The summed E-state index contributed by atoms with van der Waals surface area (Å²) in [7, 11) is 1.19. The molecule has 1 heterocycles. The maximum absolute atomic E-state index is 13.7. The molecular weight excluding hydrogens is 460 g/mol. The van der Waals surface area contributed by atoms with Crippen LogP contribution in [-0.2, 0) is 23.9 Å². The molecule has 11 heteroatoms. The molecule has 188 valence electrons. The first-order valence-electron chi connectivity index (χ1n) is 11.2. The Morgan fingerprint density at radius 1 is 1.26 bits per heavy atom. The highest BCUT2D eigenvalue weighted by atomic mass is 16.6. The highest BCUT2D eigenvalue weighted by Gasteiger charge is 2.47. The van der Waals surface area contributed by atoms with Crippen LogP contribution in [0.4, 0.5) is 5.69 Å². The van der Waals surface area contributed by atoms with Crippen LogP contribution in [0, 0.1) is 22.0 Å². The molecule has 0 radical (unpaired) electrons. The second kappa shape index (κ2) is 10.2. The van der Waals surface area contributed by atoms with Gasteiger partial charge < -0.3 is 24.6 Å². The van der Waals surface area contributed by atoms with Gasteiger partial charge in [-0.1, -0.05) is 6.92 Å². The largest absolute Gasteiger partial charge is 0.500 e. The number of esters is 2. The van der Waals surface area contributed by atoms with Crippen molar-refractivity contribution in [2.24, 2.45) is 11.8 Å². The van der Waals surface area contributed by atoms with Crippen molar-refractivity contribution in [1.29, 1.82) is 0 Å². The number of allylic oxidation sites excluding steroid dienone is 3. The fraction of sp³-hybridized carbons (Fsp3) is 0.458. The van der Waals surface area contributed by atoms with E-state index in [1.54, 1.807) is 27.7 Å². The number of ether oxygens (including phenoxy) is 3. The molecule has 11 nitrogen and oxygen atoms in total. The van der Waals surface area contributed by atoms with Gasteiger partial charge in [0.2, 0.25) is 5.75 Å². The maximum atomic E-state index is 13.7. The van der Waals surface area contributed by atoms with E-state index in [4.69, 9.17) is 14.2 Å². The van der Waals surface area contributed by atoms with E-state index in [1.807, 2.05) is 0 Å². The third kappa shape index (κ3) is 4.58. The lowest BCUT2D eigenvalue weighted by atomic mass is 9.69. The van der Waals surface area contributed by atoms with Gasteiger partial charge in [0.15, 0.2) is 11.5 Å². The molecular formula is C24H28N2O9. The number of benzene rings is 1. The second-order valence-corrected chi connectivity index (χ2v) is 8.33. The first-order chi connectivity index (χ1) is 16.6. The number of methoxy groups -OCH3 is 1. The zero-order chi connectivity index (χ0) is 26.0. The van der Waals surface area contributed by atoms with Gasteiger partial charge in [-0.15, -0.1) is 0 Å². The molecule has 0 saturated heterocycles. The Morgan fingerprint density at radius 2 is 1.94 bits per heavy atom. The van der Waals surface area contributed by atoms with Crippen molar-refractivity contribution in [2.75, 3.05) is 20.3 Å². The van der Waals surface area contributed by atoms with Crippen molar-refractivity contribution >= 4 is 23.4 Å². The van der Waals surface area contributed by atoms with Crippen molar-refractivity contribution in [2.45, 2.75) is 40.0 Å². The zero-order valence-corrected chi connectivity index (χ0v) is 20.2. The highest BCUT2D eigenvalue weighted by Crippen LogP contribution is 2.48. The molecule has 0 saturated carbocycles. The smallest absolute Gasteiger partial charge is 0.336 e. The summed E-state index contributed by atoms with van der Waals surface area (Å²) >= 11 is 0. The van der Waals surface area contributed by atoms with E-state index in [0.717, 1.165) is 6.07 Å². The standard InChI is InChI=1S/C24H28N2O9/c1-6-34-16-10-13(9-15(21(16)27)26(31)32)19-18(24(30)35-7-2)12(4)25-14-8-11(3)17(23(29)33-5)22(28)20(14)19/h9-11,17,19,25,27H,6-8H2,1-5H3/t11-,17+,19+/m1/s1. The number of ketones is 1. The van der Waals surface area contributed by atoms with Gasteiger partial charge in [-0.05, 0) is 44.7 Å². The molecule has 0 bridgehead atoms. The van der Waals surface area contributed by atoms with Crippen LogP contribution in [0.1, 0.15) is 45.6 Å². The van der Waals surface area contributed by atoms with Crippen molar-refractivity contribution in [3.8, 4) is 11.5 Å². The monoisotopic (exact) mass is 488 g/mol. The summed E-state index contributed by atoms with van der Waals surface area (Å²) in [6, 6.07) is 2.46. The average molecular weight is 488 g/mol. The number of nitro benzene ring substituents is 1. The summed E-state index contributed by atoms with van der Waals surface area (Å²) in [5.41, 5.74) is 0.632. The predicted octanol–water partition coefficient (Wildman–Crippen LogP) is 2.88. The summed E-state index contributed by atoms with van der Waals surface area (Å²) in [6.07, 6.45) is 0.309. The van der Waals surface area contributed by atoms with E-state index in [1.165, 1.54) is 13.2 Å². The van der Waals surface area contributed by atoms with E-state index in [9.17, 15) is 29.6 Å². The van der Waals surface area contributed by atoms with E-state index in [2.05, 4.69) is 5.32 Å². The SMILES string of the molecule is CCOC(=O)C1=C(C)NC2=C(C(=O)[C@@H](C(=O)OC)[C@H](C)C2)[C@H]1c1cc(OCC)c(O)c([N+](=O)[O-])c1. The molecule has 2 aliphatic rings. The predicted molar refractivity (Wildman–Crippen MR) is 122 cm³/mol. The van der Waals surface area contributed by atoms with Crippen molar-refractivity contribution in [3.63, 3.8) is 0 Å². The van der Waals surface area contributed by atoms with Crippen molar-refractivity contribution < 1.29 is 38.6 Å². The average Bonchev–Trinajstić information content (AvgIpc) is 2.79. The van der Waals surface area contributed by atoms with Crippen molar-refractivity contribution in [3.05, 3.63) is 50.4 Å². The Kier molecular flexibility index (Phi) is 7.47. The third-order valence-electron chi connectivity index (χ3n) is 6.15. The van der Waals surface area contributed by atoms with Crippen LogP contribution in [0.3, 0.4) is 0 Å². The minimum atomic E-state index is -1.11. The minimum Gasteiger partial charge on any atom is -0.500 e. The third-order valence-corrected chi connectivity index (χ3v) is 6.15. The Morgan fingerprint density at radius 3 is 2.51 bits per heavy atom.